The van der Waals surface area contributed by atoms with Crippen LogP contribution in [0.2, 0.25) is 0 Å². The lowest BCUT2D eigenvalue weighted by atomic mass is 10.1. The predicted octanol–water partition coefficient (Wildman–Crippen LogP) is 2.64. The number of nitrogens with zero attached hydrogens (tertiary/aromatic N) is 2. The summed E-state index contributed by atoms with van der Waals surface area (Å²) in [6.07, 6.45) is 4.38. The molecule has 3 rings (SSSR count). The molecule has 5 nitrogen and oxygen atoms in total. The molecule has 1 N–H and O–H groups in total. The lowest BCUT2D eigenvalue weighted by molar-refractivity contribution is 0.521. The van der Waals surface area contributed by atoms with Gasteiger partial charge in [0.15, 0.2) is 5.03 Å². The van der Waals surface area contributed by atoms with Crippen molar-refractivity contribution in [3.63, 3.8) is 0 Å². The second kappa shape index (κ2) is 6.05. The molecule has 1 unspecified atom stereocenters. The first-order chi connectivity index (χ1) is 10.8. The Labute approximate surface area is 135 Å². The van der Waals surface area contributed by atoms with E-state index in [0.717, 1.165) is 11.1 Å². The molecule has 0 saturated heterocycles. The molecule has 0 fully saturated rings. The number of sulfonamides is 1. The van der Waals surface area contributed by atoms with E-state index in [2.05, 4.69) is 23.6 Å². The van der Waals surface area contributed by atoms with E-state index in [0.29, 0.717) is 25.3 Å². The molecule has 1 aromatic carbocycles. The van der Waals surface area contributed by atoms with Crippen LogP contribution < -0.4 is 4.72 Å². The molecular weight excluding hydrogens is 317 g/mol. The van der Waals surface area contributed by atoms with E-state index in [1.807, 2.05) is 0 Å². The van der Waals surface area contributed by atoms with Gasteiger partial charge >= 0.3 is 0 Å². The van der Waals surface area contributed by atoms with Crippen LogP contribution in [0.3, 0.4) is 0 Å². The van der Waals surface area contributed by atoms with Gasteiger partial charge in [0.2, 0.25) is 0 Å². The third-order valence-corrected chi connectivity index (χ3v) is 5.30. The van der Waals surface area contributed by atoms with Crippen LogP contribution in [0.1, 0.15) is 37.4 Å². The molecule has 0 saturated carbocycles. The van der Waals surface area contributed by atoms with Crippen LogP contribution in [0.4, 0.5) is 4.39 Å². The van der Waals surface area contributed by atoms with E-state index >= 15 is 0 Å². The van der Waals surface area contributed by atoms with Crippen LogP contribution in [0.25, 0.3) is 0 Å². The SMILES string of the molecule is CC(C)Cn1cnc(S(=O)(=O)NC2CCc3cc(F)ccc32)c1. The van der Waals surface area contributed by atoms with Gasteiger partial charge in [0, 0.05) is 18.8 Å². The molecule has 0 bridgehead atoms. The summed E-state index contributed by atoms with van der Waals surface area (Å²) in [6.45, 7) is 4.83. The number of rotatable bonds is 5. The topological polar surface area (TPSA) is 64.0 Å². The fourth-order valence-corrected chi connectivity index (χ4v) is 4.16. The standard InChI is InChI=1S/C16H20FN3O2S/c1-11(2)8-20-9-16(18-10-20)23(21,22)19-15-6-3-12-7-13(17)4-5-14(12)15/h4-5,7,9-11,15,19H,3,6,8H2,1-2H3. The molecule has 2 aromatic rings. The summed E-state index contributed by atoms with van der Waals surface area (Å²) in [4.78, 5) is 4.01. The molecule has 1 atom stereocenters. The Balaban J connectivity index is 1.79. The number of hydrogen-bond acceptors (Lipinski definition) is 3. The Hall–Kier alpha value is -1.73. The normalized spacial score (nSPS) is 17.7. The van der Waals surface area contributed by atoms with Crippen LogP contribution in [0.5, 0.6) is 0 Å². The average Bonchev–Trinajstić information content (AvgIpc) is 3.05. The van der Waals surface area contributed by atoms with Gasteiger partial charge in [-0.05, 0) is 42.0 Å². The van der Waals surface area contributed by atoms with E-state index in [9.17, 15) is 12.8 Å². The fraction of sp³-hybridized carbons (Fsp3) is 0.438. The van der Waals surface area contributed by atoms with E-state index in [-0.39, 0.29) is 16.9 Å². The number of benzene rings is 1. The van der Waals surface area contributed by atoms with Crippen molar-refractivity contribution in [1.29, 1.82) is 0 Å². The van der Waals surface area contributed by atoms with Gasteiger partial charge < -0.3 is 4.57 Å². The zero-order valence-electron chi connectivity index (χ0n) is 13.2. The van der Waals surface area contributed by atoms with Crippen LogP contribution in [-0.4, -0.2) is 18.0 Å². The van der Waals surface area contributed by atoms with Crippen LogP contribution >= 0.6 is 0 Å². The van der Waals surface area contributed by atoms with Gasteiger partial charge in [0.05, 0.1) is 6.33 Å². The van der Waals surface area contributed by atoms with E-state index in [1.165, 1.54) is 18.5 Å². The summed E-state index contributed by atoms with van der Waals surface area (Å²) < 4.78 is 42.7. The van der Waals surface area contributed by atoms with Crippen molar-refractivity contribution in [1.82, 2.24) is 14.3 Å². The van der Waals surface area contributed by atoms with Crippen molar-refractivity contribution in [3.05, 3.63) is 47.7 Å². The fourth-order valence-electron chi connectivity index (χ4n) is 2.96. The molecule has 7 heteroatoms. The number of hydrogen-bond donors (Lipinski definition) is 1. The third kappa shape index (κ3) is 3.45. The van der Waals surface area contributed by atoms with Gasteiger partial charge in [0.1, 0.15) is 5.82 Å². The molecule has 124 valence electrons. The second-order valence-electron chi connectivity index (χ2n) is 6.36. The van der Waals surface area contributed by atoms with Gasteiger partial charge in [-0.1, -0.05) is 19.9 Å². The number of nitrogens with one attached hydrogen (secondary N) is 1. The van der Waals surface area contributed by atoms with E-state index in [1.54, 1.807) is 16.8 Å². The Morgan fingerprint density at radius 1 is 1.43 bits per heavy atom. The highest BCUT2D eigenvalue weighted by atomic mass is 32.2. The minimum atomic E-state index is -3.69. The lowest BCUT2D eigenvalue weighted by Gasteiger charge is -2.13. The average molecular weight is 337 g/mol. The van der Waals surface area contributed by atoms with Crippen molar-refractivity contribution >= 4 is 10.0 Å². The Morgan fingerprint density at radius 2 is 2.22 bits per heavy atom. The number of aromatic nitrogens is 2. The first kappa shape index (κ1) is 16.1. The summed E-state index contributed by atoms with van der Waals surface area (Å²) in [7, 11) is -3.69. The maximum absolute atomic E-state index is 13.2. The molecule has 0 spiro atoms. The minimum absolute atomic E-state index is 0.0220. The highest BCUT2D eigenvalue weighted by Gasteiger charge is 2.28. The lowest BCUT2D eigenvalue weighted by Crippen LogP contribution is -2.27. The number of halogens is 1. The summed E-state index contributed by atoms with van der Waals surface area (Å²) in [5.74, 6) is 0.115. The quantitative estimate of drug-likeness (QED) is 0.912. The molecule has 0 radical (unpaired) electrons. The summed E-state index contributed by atoms with van der Waals surface area (Å²) in [5.41, 5.74) is 1.71. The van der Waals surface area contributed by atoms with Crippen LogP contribution in [-0.2, 0) is 23.0 Å². The molecule has 1 heterocycles. The maximum atomic E-state index is 13.2. The predicted molar refractivity (Wildman–Crippen MR) is 84.8 cm³/mol. The van der Waals surface area contributed by atoms with E-state index in [4.69, 9.17) is 0 Å². The zero-order chi connectivity index (χ0) is 16.6. The van der Waals surface area contributed by atoms with Gasteiger partial charge in [-0.3, -0.25) is 0 Å². The van der Waals surface area contributed by atoms with Gasteiger partial charge in [-0.15, -0.1) is 0 Å². The molecule has 1 aliphatic carbocycles. The maximum Gasteiger partial charge on any atom is 0.260 e. The van der Waals surface area contributed by atoms with Crippen molar-refractivity contribution in [2.45, 2.75) is 44.3 Å². The Kier molecular flexibility index (Phi) is 4.25. The largest absolute Gasteiger partial charge is 0.336 e. The molecule has 0 aliphatic heterocycles. The Morgan fingerprint density at radius 3 is 2.96 bits per heavy atom. The third-order valence-electron chi connectivity index (χ3n) is 3.94. The number of fused-ring (bicyclic) bond motifs is 1. The first-order valence-electron chi connectivity index (χ1n) is 7.67. The van der Waals surface area contributed by atoms with Crippen molar-refractivity contribution in [2.24, 2.45) is 5.92 Å². The van der Waals surface area contributed by atoms with E-state index < -0.39 is 10.0 Å². The monoisotopic (exact) mass is 337 g/mol. The first-order valence-corrected chi connectivity index (χ1v) is 9.16. The summed E-state index contributed by atoms with van der Waals surface area (Å²) in [5, 5.41) is 0.0220. The molecule has 1 aromatic heterocycles. The van der Waals surface area contributed by atoms with Gasteiger partial charge in [-0.2, -0.15) is 0 Å². The highest BCUT2D eigenvalue weighted by molar-refractivity contribution is 7.89. The van der Waals surface area contributed by atoms with Gasteiger partial charge in [0.25, 0.3) is 10.0 Å². The van der Waals surface area contributed by atoms with Crippen LogP contribution in [0, 0.1) is 11.7 Å². The zero-order valence-corrected chi connectivity index (χ0v) is 14.0. The molecule has 1 aliphatic rings. The molecule has 23 heavy (non-hydrogen) atoms. The Bertz CT molecular complexity index is 814. The summed E-state index contributed by atoms with van der Waals surface area (Å²) >= 11 is 0. The number of aryl methyl sites for hydroxylation is 1. The highest BCUT2D eigenvalue weighted by Crippen LogP contribution is 2.32. The summed E-state index contributed by atoms with van der Waals surface area (Å²) in [6, 6.07) is 4.16. The van der Waals surface area contributed by atoms with Crippen molar-refractivity contribution in [3.8, 4) is 0 Å². The minimum Gasteiger partial charge on any atom is -0.336 e. The van der Waals surface area contributed by atoms with Crippen molar-refractivity contribution < 1.29 is 12.8 Å². The molecule has 0 amide bonds. The number of imidazole rings is 1. The molecular formula is C16H20FN3O2S. The smallest absolute Gasteiger partial charge is 0.260 e. The van der Waals surface area contributed by atoms with Gasteiger partial charge in [-0.25, -0.2) is 22.5 Å². The van der Waals surface area contributed by atoms with Crippen LogP contribution in [0.15, 0.2) is 35.7 Å². The second-order valence-corrected chi connectivity index (χ2v) is 8.02. The van der Waals surface area contributed by atoms with Crippen molar-refractivity contribution in [2.75, 3.05) is 0 Å².